The topological polar surface area (TPSA) is 65.2 Å². The molecule has 1 heterocycles. The van der Waals surface area contributed by atoms with Crippen molar-refractivity contribution < 1.29 is 9.53 Å². The van der Waals surface area contributed by atoms with Crippen LogP contribution in [0.25, 0.3) is 10.6 Å². The average molecular weight is 302 g/mol. The molecular weight excluding hydrogens is 284 g/mol. The second-order valence-corrected chi connectivity index (χ2v) is 6.13. The molecule has 0 atom stereocenters. The van der Waals surface area contributed by atoms with E-state index in [1.54, 1.807) is 0 Å². The van der Waals surface area contributed by atoms with Crippen molar-refractivity contribution in [3.63, 3.8) is 0 Å². The lowest BCUT2D eigenvalue weighted by Gasteiger charge is -1.99. The Morgan fingerprint density at radius 1 is 1.38 bits per heavy atom. The lowest BCUT2D eigenvalue weighted by Crippen LogP contribution is -2.05. The van der Waals surface area contributed by atoms with Gasteiger partial charge in [-0.1, -0.05) is 24.3 Å². The van der Waals surface area contributed by atoms with Crippen molar-refractivity contribution in [1.82, 2.24) is 4.98 Å². The average Bonchev–Trinajstić information content (AvgIpc) is 3.26. The molecule has 1 aromatic carbocycles. The Morgan fingerprint density at radius 2 is 2.10 bits per heavy atom. The molecule has 0 radical (unpaired) electrons. The van der Waals surface area contributed by atoms with Crippen LogP contribution in [0, 0.1) is 0 Å². The number of thiazole rings is 1. The smallest absolute Gasteiger partial charge is 0.350 e. The molecule has 110 valence electrons. The van der Waals surface area contributed by atoms with Crippen LogP contribution in [0.4, 0.5) is 0 Å². The van der Waals surface area contributed by atoms with E-state index >= 15 is 0 Å². The van der Waals surface area contributed by atoms with E-state index < -0.39 is 0 Å². The molecule has 1 aliphatic carbocycles. The molecule has 2 N–H and O–H groups in total. The summed E-state index contributed by atoms with van der Waals surface area (Å²) in [6.07, 6.45) is 2.23. The maximum absolute atomic E-state index is 12.1. The lowest BCUT2D eigenvalue weighted by molar-refractivity contribution is 0.0530. The number of carbonyl (C=O) groups excluding carboxylic acids is 1. The predicted octanol–water partition coefficient (Wildman–Crippen LogP) is 3.32. The SMILES string of the molecule is CCOC(=O)c1sc(-c2ccc(CN)cc2)nc1C1CC1. The molecule has 1 saturated carbocycles. The first-order valence-electron chi connectivity index (χ1n) is 7.20. The summed E-state index contributed by atoms with van der Waals surface area (Å²) in [7, 11) is 0. The van der Waals surface area contributed by atoms with E-state index in [2.05, 4.69) is 4.98 Å². The van der Waals surface area contributed by atoms with E-state index in [4.69, 9.17) is 10.5 Å². The molecule has 0 aliphatic heterocycles. The van der Waals surface area contributed by atoms with Gasteiger partial charge in [0.2, 0.25) is 0 Å². The van der Waals surface area contributed by atoms with Gasteiger partial charge in [0.25, 0.3) is 0 Å². The molecule has 0 bridgehead atoms. The number of hydrogen-bond acceptors (Lipinski definition) is 5. The summed E-state index contributed by atoms with van der Waals surface area (Å²) in [5, 5.41) is 0.878. The van der Waals surface area contributed by atoms with Crippen molar-refractivity contribution in [3.05, 3.63) is 40.4 Å². The molecule has 1 aromatic heterocycles. The molecular formula is C16H18N2O2S. The van der Waals surface area contributed by atoms with E-state index in [0.717, 1.165) is 34.7 Å². The minimum absolute atomic E-state index is 0.248. The molecule has 0 saturated heterocycles. The highest BCUT2D eigenvalue weighted by Crippen LogP contribution is 2.44. The van der Waals surface area contributed by atoms with Crippen molar-refractivity contribution in [1.29, 1.82) is 0 Å². The van der Waals surface area contributed by atoms with E-state index in [1.807, 2.05) is 31.2 Å². The summed E-state index contributed by atoms with van der Waals surface area (Å²) in [6.45, 7) is 2.74. The van der Waals surface area contributed by atoms with E-state index in [0.29, 0.717) is 23.9 Å². The largest absolute Gasteiger partial charge is 0.462 e. The van der Waals surface area contributed by atoms with Crippen LogP contribution in [0.2, 0.25) is 0 Å². The second-order valence-electron chi connectivity index (χ2n) is 5.13. The maximum Gasteiger partial charge on any atom is 0.350 e. The highest BCUT2D eigenvalue weighted by atomic mass is 32.1. The van der Waals surface area contributed by atoms with Crippen LogP contribution in [-0.2, 0) is 11.3 Å². The highest BCUT2D eigenvalue weighted by molar-refractivity contribution is 7.17. The van der Waals surface area contributed by atoms with Crippen molar-refractivity contribution in [2.75, 3.05) is 6.61 Å². The number of nitrogens with zero attached hydrogens (tertiary/aromatic N) is 1. The van der Waals surface area contributed by atoms with E-state index in [-0.39, 0.29) is 5.97 Å². The fourth-order valence-corrected chi connectivity index (χ4v) is 3.27. The Labute approximate surface area is 128 Å². The number of ether oxygens (including phenoxy) is 1. The third-order valence-corrected chi connectivity index (χ3v) is 4.62. The van der Waals surface area contributed by atoms with Gasteiger partial charge in [0, 0.05) is 18.0 Å². The van der Waals surface area contributed by atoms with Crippen molar-refractivity contribution in [2.45, 2.75) is 32.2 Å². The molecule has 1 aliphatic rings. The first-order valence-corrected chi connectivity index (χ1v) is 8.01. The van der Waals surface area contributed by atoms with Crippen LogP contribution >= 0.6 is 11.3 Å². The monoisotopic (exact) mass is 302 g/mol. The van der Waals surface area contributed by atoms with Gasteiger partial charge in [-0.3, -0.25) is 0 Å². The fraction of sp³-hybridized carbons (Fsp3) is 0.375. The Balaban J connectivity index is 1.95. The zero-order chi connectivity index (χ0) is 14.8. The first-order chi connectivity index (χ1) is 10.2. The maximum atomic E-state index is 12.1. The Kier molecular flexibility index (Phi) is 4.03. The van der Waals surface area contributed by atoms with Gasteiger partial charge in [-0.05, 0) is 25.3 Å². The van der Waals surface area contributed by atoms with Gasteiger partial charge in [0.15, 0.2) is 0 Å². The van der Waals surface area contributed by atoms with Gasteiger partial charge in [-0.15, -0.1) is 11.3 Å². The third kappa shape index (κ3) is 2.99. The fourth-order valence-electron chi connectivity index (χ4n) is 2.22. The summed E-state index contributed by atoms with van der Waals surface area (Å²) in [6, 6.07) is 8.01. The summed E-state index contributed by atoms with van der Waals surface area (Å²) in [5.41, 5.74) is 8.64. The summed E-state index contributed by atoms with van der Waals surface area (Å²) < 4.78 is 5.15. The quantitative estimate of drug-likeness (QED) is 0.860. The molecule has 3 rings (SSSR count). The summed E-state index contributed by atoms with van der Waals surface area (Å²) in [5.74, 6) is 0.180. The molecule has 2 aromatic rings. The standard InChI is InChI=1S/C16H18N2O2S/c1-2-20-16(19)14-13(11-7-8-11)18-15(21-14)12-5-3-10(9-17)4-6-12/h3-6,11H,2,7-9,17H2,1H3. The predicted molar refractivity (Wildman–Crippen MR) is 83.4 cm³/mol. The highest BCUT2D eigenvalue weighted by Gasteiger charge is 2.32. The number of aromatic nitrogens is 1. The van der Waals surface area contributed by atoms with Crippen LogP contribution in [-0.4, -0.2) is 17.6 Å². The minimum Gasteiger partial charge on any atom is -0.462 e. The van der Waals surface area contributed by atoms with Gasteiger partial charge >= 0.3 is 5.97 Å². The van der Waals surface area contributed by atoms with Crippen LogP contribution in [0.5, 0.6) is 0 Å². The molecule has 1 fully saturated rings. The van der Waals surface area contributed by atoms with Crippen molar-refractivity contribution in [2.24, 2.45) is 5.73 Å². The van der Waals surface area contributed by atoms with Crippen molar-refractivity contribution >= 4 is 17.3 Å². The van der Waals surface area contributed by atoms with Gasteiger partial charge in [-0.25, -0.2) is 9.78 Å². The zero-order valence-electron chi connectivity index (χ0n) is 12.0. The summed E-state index contributed by atoms with van der Waals surface area (Å²) in [4.78, 5) is 17.4. The minimum atomic E-state index is -0.248. The number of carbonyl (C=O) groups is 1. The van der Waals surface area contributed by atoms with E-state index in [1.165, 1.54) is 11.3 Å². The zero-order valence-corrected chi connectivity index (χ0v) is 12.8. The molecule has 0 unspecified atom stereocenters. The third-order valence-electron chi connectivity index (χ3n) is 3.51. The Hall–Kier alpha value is -1.72. The second kappa shape index (κ2) is 5.95. The number of nitrogens with two attached hydrogens (primary N) is 1. The number of rotatable bonds is 5. The molecule has 21 heavy (non-hydrogen) atoms. The lowest BCUT2D eigenvalue weighted by atomic mass is 10.1. The normalized spacial score (nSPS) is 14.2. The number of hydrogen-bond donors (Lipinski definition) is 1. The summed E-state index contributed by atoms with van der Waals surface area (Å²) >= 11 is 1.43. The Morgan fingerprint density at radius 3 is 2.67 bits per heavy atom. The number of benzene rings is 1. The van der Waals surface area contributed by atoms with Crippen molar-refractivity contribution in [3.8, 4) is 10.6 Å². The van der Waals surface area contributed by atoms with Crippen LogP contribution in [0.1, 0.15) is 46.6 Å². The molecule has 0 spiro atoms. The first kappa shape index (κ1) is 14.2. The van der Waals surface area contributed by atoms with Crippen LogP contribution < -0.4 is 5.73 Å². The van der Waals surface area contributed by atoms with E-state index in [9.17, 15) is 4.79 Å². The van der Waals surface area contributed by atoms with Gasteiger partial charge in [0.1, 0.15) is 9.88 Å². The molecule has 4 nitrogen and oxygen atoms in total. The van der Waals surface area contributed by atoms with Crippen LogP contribution in [0.3, 0.4) is 0 Å². The van der Waals surface area contributed by atoms with Crippen LogP contribution in [0.15, 0.2) is 24.3 Å². The van der Waals surface area contributed by atoms with Gasteiger partial charge in [0.05, 0.1) is 12.3 Å². The van der Waals surface area contributed by atoms with Gasteiger partial charge in [-0.2, -0.15) is 0 Å². The molecule has 0 amide bonds. The van der Waals surface area contributed by atoms with Gasteiger partial charge < -0.3 is 10.5 Å². The number of esters is 1. The molecule has 5 heteroatoms. The Bertz CT molecular complexity index is 645.